The Kier molecular flexibility index (Phi) is 4.13. The number of imide groups is 1. The molecule has 29 heavy (non-hydrogen) atoms. The highest BCUT2D eigenvalue weighted by Crippen LogP contribution is 2.43. The number of aryl methyl sites for hydroxylation is 1. The number of thioether (sulfide) groups is 1. The van der Waals surface area contributed by atoms with Gasteiger partial charge in [-0.3, -0.25) is 9.78 Å². The number of rotatable bonds is 2. The van der Waals surface area contributed by atoms with Crippen molar-refractivity contribution in [1.29, 1.82) is 0 Å². The van der Waals surface area contributed by atoms with E-state index in [1.54, 1.807) is 12.3 Å². The molecule has 3 aromatic rings. The van der Waals surface area contributed by atoms with Gasteiger partial charge in [-0.25, -0.2) is 14.1 Å². The van der Waals surface area contributed by atoms with Gasteiger partial charge in [-0.1, -0.05) is 30.3 Å². The standard InChI is InChI=1S/C22H16FN3O2S/c1-12-8-14(23)6-7-15(12)19-9-17-20(29-19)21(27)26(22(28)25-17)18-11-24-10-13-4-2-3-5-16(13)18/h2-11,17,20H,1H3,(H,25,28). The minimum atomic E-state index is -0.480. The molecule has 7 heteroatoms. The lowest BCUT2D eigenvalue weighted by Gasteiger charge is -2.33. The van der Waals surface area contributed by atoms with Gasteiger partial charge in [0, 0.05) is 21.9 Å². The molecule has 2 aliphatic rings. The molecule has 0 radical (unpaired) electrons. The van der Waals surface area contributed by atoms with Gasteiger partial charge in [-0.05, 0) is 36.3 Å². The molecule has 2 aromatic carbocycles. The van der Waals surface area contributed by atoms with E-state index in [-0.39, 0.29) is 11.7 Å². The van der Waals surface area contributed by atoms with Crippen molar-refractivity contribution in [3.8, 4) is 0 Å². The van der Waals surface area contributed by atoms with Crippen LogP contribution in [-0.4, -0.2) is 28.2 Å². The summed E-state index contributed by atoms with van der Waals surface area (Å²) in [5.74, 6) is -0.584. The summed E-state index contributed by atoms with van der Waals surface area (Å²) in [5, 5.41) is 4.08. The molecule has 0 saturated carbocycles. The van der Waals surface area contributed by atoms with Crippen LogP contribution in [0.5, 0.6) is 0 Å². The van der Waals surface area contributed by atoms with Gasteiger partial charge in [0.1, 0.15) is 11.1 Å². The Morgan fingerprint density at radius 2 is 1.97 bits per heavy atom. The maximum Gasteiger partial charge on any atom is 0.329 e. The molecule has 1 aromatic heterocycles. The molecule has 3 heterocycles. The van der Waals surface area contributed by atoms with Crippen molar-refractivity contribution in [2.75, 3.05) is 4.90 Å². The normalized spacial score (nSPS) is 21.2. The van der Waals surface area contributed by atoms with Crippen LogP contribution in [0.15, 0.2) is 60.9 Å². The molecule has 1 fully saturated rings. The molecule has 0 aliphatic carbocycles. The zero-order valence-corrected chi connectivity index (χ0v) is 16.2. The monoisotopic (exact) mass is 405 g/mol. The molecule has 2 unspecified atom stereocenters. The van der Waals surface area contributed by atoms with Crippen LogP contribution in [0.3, 0.4) is 0 Å². The van der Waals surface area contributed by atoms with Crippen LogP contribution in [0, 0.1) is 12.7 Å². The number of amides is 3. The number of nitrogens with one attached hydrogen (secondary N) is 1. The van der Waals surface area contributed by atoms with Gasteiger partial charge in [-0.2, -0.15) is 0 Å². The number of hydrogen-bond acceptors (Lipinski definition) is 4. The van der Waals surface area contributed by atoms with Crippen molar-refractivity contribution in [1.82, 2.24) is 10.3 Å². The number of halogens is 1. The summed E-state index contributed by atoms with van der Waals surface area (Å²) in [5.41, 5.74) is 2.12. The second kappa shape index (κ2) is 6.70. The smallest absolute Gasteiger partial charge is 0.329 e. The Labute approximate surface area is 170 Å². The Hall–Kier alpha value is -3.19. The van der Waals surface area contributed by atoms with Gasteiger partial charge in [0.2, 0.25) is 0 Å². The lowest BCUT2D eigenvalue weighted by atomic mass is 10.0. The summed E-state index contributed by atoms with van der Waals surface area (Å²) in [7, 11) is 0. The average molecular weight is 405 g/mol. The molecule has 2 aliphatic heterocycles. The summed E-state index contributed by atoms with van der Waals surface area (Å²) in [6, 6.07) is 11.2. The first kappa shape index (κ1) is 17.9. The topological polar surface area (TPSA) is 62.3 Å². The minimum Gasteiger partial charge on any atom is -0.329 e. The van der Waals surface area contributed by atoms with Crippen molar-refractivity contribution in [3.63, 3.8) is 0 Å². The first-order chi connectivity index (χ1) is 14.0. The largest absolute Gasteiger partial charge is 0.329 e. The molecule has 5 nitrogen and oxygen atoms in total. The van der Waals surface area contributed by atoms with Crippen LogP contribution in [-0.2, 0) is 4.79 Å². The third-order valence-electron chi connectivity index (χ3n) is 5.21. The van der Waals surface area contributed by atoms with Crippen LogP contribution in [0.1, 0.15) is 11.1 Å². The van der Waals surface area contributed by atoms with Crippen LogP contribution < -0.4 is 10.2 Å². The Balaban J connectivity index is 1.51. The average Bonchev–Trinajstić information content (AvgIpc) is 3.12. The van der Waals surface area contributed by atoms with E-state index < -0.39 is 17.3 Å². The highest BCUT2D eigenvalue weighted by atomic mass is 32.2. The van der Waals surface area contributed by atoms with Crippen molar-refractivity contribution in [3.05, 3.63) is 77.9 Å². The molecule has 0 spiro atoms. The first-order valence-corrected chi connectivity index (χ1v) is 10.0. The molecule has 1 saturated heterocycles. The summed E-state index contributed by atoms with van der Waals surface area (Å²) in [6.45, 7) is 1.83. The van der Waals surface area contributed by atoms with Crippen LogP contribution in [0.2, 0.25) is 0 Å². The predicted octanol–water partition coefficient (Wildman–Crippen LogP) is 4.26. The number of anilines is 1. The third kappa shape index (κ3) is 2.89. The number of hydrogen-bond donors (Lipinski definition) is 1. The second-order valence-electron chi connectivity index (χ2n) is 7.06. The van der Waals surface area contributed by atoms with Crippen LogP contribution in [0.25, 0.3) is 15.7 Å². The van der Waals surface area contributed by atoms with E-state index in [9.17, 15) is 14.0 Å². The van der Waals surface area contributed by atoms with Gasteiger partial charge in [-0.15, -0.1) is 11.8 Å². The first-order valence-electron chi connectivity index (χ1n) is 9.15. The number of benzene rings is 2. The van der Waals surface area contributed by atoms with E-state index in [4.69, 9.17) is 0 Å². The van der Waals surface area contributed by atoms with Crippen molar-refractivity contribution in [2.24, 2.45) is 0 Å². The summed E-state index contributed by atoms with van der Waals surface area (Å²) >= 11 is 1.39. The van der Waals surface area contributed by atoms with E-state index in [0.717, 1.165) is 26.8 Å². The van der Waals surface area contributed by atoms with E-state index in [1.807, 2.05) is 37.3 Å². The molecular formula is C22H16FN3O2S. The summed E-state index contributed by atoms with van der Waals surface area (Å²) < 4.78 is 13.5. The number of urea groups is 1. The van der Waals surface area contributed by atoms with E-state index in [1.165, 1.54) is 35.0 Å². The van der Waals surface area contributed by atoms with Gasteiger partial charge in [0.05, 0.1) is 17.9 Å². The maximum atomic E-state index is 13.5. The number of fused-ring (bicyclic) bond motifs is 2. The van der Waals surface area contributed by atoms with Gasteiger partial charge >= 0.3 is 6.03 Å². The highest BCUT2D eigenvalue weighted by molar-refractivity contribution is 8.09. The highest BCUT2D eigenvalue weighted by Gasteiger charge is 2.45. The second-order valence-corrected chi connectivity index (χ2v) is 8.24. The molecule has 1 N–H and O–H groups in total. The Morgan fingerprint density at radius 3 is 2.79 bits per heavy atom. The fourth-order valence-corrected chi connectivity index (χ4v) is 5.17. The van der Waals surface area contributed by atoms with E-state index in [0.29, 0.717) is 5.69 Å². The minimum absolute atomic E-state index is 0.284. The number of nitrogens with zero attached hydrogens (tertiary/aromatic N) is 2. The molecular weight excluding hydrogens is 389 g/mol. The van der Waals surface area contributed by atoms with E-state index >= 15 is 0 Å². The lowest BCUT2D eigenvalue weighted by molar-refractivity contribution is -0.118. The van der Waals surface area contributed by atoms with Gasteiger partial charge < -0.3 is 5.32 Å². The fourth-order valence-electron chi connectivity index (χ4n) is 3.82. The summed E-state index contributed by atoms with van der Waals surface area (Å²) in [6.07, 6.45) is 5.12. The van der Waals surface area contributed by atoms with Crippen molar-refractivity contribution < 1.29 is 14.0 Å². The molecule has 2 atom stereocenters. The molecule has 0 bridgehead atoms. The van der Waals surface area contributed by atoms with Crippen LogP contribution in [0.4, 0.5) is 14.9 Å². The van der Waals surface area contributed by atoms with E-state index in [2.05, 4.69) is 10.3 Å². The maximum absolute atomic E-state index is 13.5. The van der Waals surface area contributed by atoms with Crippen LogP contribution >= 0.6 is 11.8 Å². The number of pyridine rings is 1. The zero-order valence-electron chi connectivity index (χ0n) is 15.4. The van der Waals surface area contributed by atoms with Crippen molar-refractivity contribution >= 4 is 45.1 Å². The molecule has 5 rings (SSSR count). The lowest BCUT2D eigenvalue weighted by Crippen LogP contribution is -2.60. The number of aromatic nitrogens is 1. The van der Waals surface area contributed by atoms with Gasteiger partial charge in [0.25, 0.3) is 5.91 Å². The Bertz CT molecular complexity index is 1200. The number of carbonyl (C=O) groups excluding carboxylic acids is 2. The third-order valence-corrected chi connectivity index (χ3v) is 6.57. The van der Waals surface area contributed by atoms with Gasteiger partial charge in [0.15, 0.2) is 0 Å². The molecule has 3 amide bonds. The SMILES string of the molecule is Cc1cc(F)ccc1C1=CC2NC(=O)N(c3cncc4ccccc34)C(=O)C2S1. The van der Waals surface area contributed by atoms with Crippen molar-refractivity contribution in [2.45, 2.75) is 18.2 Å². The summed E-state index contributed by atoms with van der Waals surface area (Å²) in [4.78, 5) is 32.4. The fraction of sp³-hybridized carbons (Fsp3) is 0.136. The molecule has 144 valence electrons. The Morgan fingerprint density at radius 1 is 1.14 bits per heavy atom. The number of carbonyl (C=O) groups is 2. The predicted molar refractivity (Wildman–Crippen MR) is 112 cm³/mol. The quantitative estimate of drug-likeness (QED) is 0.692. The zero-order chi connectivity index (χ0) is 20.1.